The third-order valence-corrected chi connectivity index (χ3v) is 5.23. The molecule has 3 N–H and O–H groups in total. The minimum absolute atomic E-state index is 0.0296. The van der Waals surface area contributed by atoms with Crippen molar-refractivity contribution >= 4 is 39.5 Å². The predicted octanol–water partition coefficient (Wildman–Crippen LogP) is 4.05. The van der Waals surface area contributed by atoms with Crippen LogP contribution in [0, 0.1) is 0 Å². The SMILES string of the molecule is CNC(=O)c1c(CC(=O)Nc2nc(C3=C(F)C=C(F)CC3)cs2)cccc1NC. The predicted molar refractivity (Wildman–Crippen MR) is 110 cm³/mol. The normalized spacial score (nSPS) is 13.7. The summed E-state index contributed by atoms with van der Waals surface area (Å²) < 4.78 is 27.1. The molecule has 2 amide bonds. The number of hydrogen-bond acceptors (Lipinski definition) is 5. The summed E-state index contributed by atoms with van der Waals surface area (Å²) in [5.41, 5.74) is 2.29. The van der Waals surface area contributed by atoms with Gasteiger partial charge in [0.1, 0.15) is 11.7 Å². The second kappa shape index (κ2) is 8.95. The molecule has 9 heteroatoms. The fraction of sp³-hybridized carbons (Fsp3) is 0.250. The highest BCUT2D eigenvalue weighted by molar-refractivity contribution is 7.14. The van der Waals surface area contributed by atoms with Crippen LogP contribution in [-0.4, -0.2) is 30.9 Å². The van der Waals surface area contributed by atoms with Gasteiger partial charge in [-0.2, -0.15) is 0 Å². The largest absolute Gasteiger partial charge is 0.387 e. The molecule has 3 rings (SSSR count). The lowest BCUT2D eigenvalue weighted by Crippen LogP contribution is -2.23. The number of carbonyl (C=O) groups is 2. The Bertz CT molecular complexity index is 1010. The first-order valence-corrected chi connectivity index (χ1v) is 9.83. The molecule has 0 aliphatic heterocycles. The molecule has 2 aromatic rings. The number of hydrogen-bond donors (Lipinski definition) is 3. The molecule has 0 unspecified atom stereocenters. The summed E-state index contributed by atoms with van der Waals surface area (Å²) in [7, 11) is 3.22. The molecule has 1 heterocycles. The van der Waals surface area contributed by atoms with Gasteiger partial charge in [0.15, 0.2) is 5.13 Å². The van der Waals surface area contributed by atoms with Crippen LogP contribution < -0.4 is 16.0 Å². The first-order chi connectivity index (χ1) is 13.9. The van der Waals surface area contributed by atoms with Gasteiger partial charge >= 0.3 is 0 Å². The van der Waals surface area contributed by atoms with Crippen molar-refractivity contribution < 1.29 is 18.4 Å². The average Bonchev–Trinajstić information content (AvgIpc) is 3.15. The molecule has 1 aliphatic rings. The topological polar surface area (TPSA) is 83.1 Å². The number of halogens is 2. The van der Waals surface area contributed by atoms with Gasteiger partial charge in [0.25, 0.3) is 5.91 Å². The highest BCUT2D eigenvalue weighted by atomic mass is 32.1. The van der Waals surface area contributed by atoms with Crippen molar-refractivity contribution in [1.29, 1.82) is 0 Å². The van der Waals surface area contributed by atoms with Gasteiger partial charge in [0.2, 0.25) is 5.91 Å². The first kappa shape index (κ1) is 20.7. The Morgan fingerprint density at radius 3 is 2.69 bits per heavy atom. The summed E-state index contributed by atoms with van der Waals surface area (Å²) in [6, 6.07) is 5.22. The standard InChI is InChI=1S/C20H20F2N4O2S/c1-23-15-5-3-4-11(18(15)19(28)24-2)8-17(27)26-20-25-16(10-29-20)13-7-6-12(21)9-14(13)22/h3-5,9-10,23H,6-8H2,1-2H3,(H,24,28)(H,25,26,27). The summed E-state index contributed by atoms with van der Waals surface area (Å²) in [5.74, 6) is -1.79. The number of anilines is 2. The van der Waals surface area contributed by atoms with E-state index in [4.69, 9.17) is 0 Å². The fourth-order valence-electron chi connectivity index (χ4n) is 3.07. The maximum absolute atomic E-state index is 14.0. The summed E-state index contributed by atoms with van der Waals surface area (Å²) >= 11 is 1.16. The number of benzene rings is 1. The van der Waals surface area contributed by atoms with Crippen LogP contribution in [0.2, 0.25) is 0 Å². The lowest BCUT2D eigenvalue weighted by atomic mass is 10.0. The fourth-order valence-corrected chi connectivity index (χ4v) is 3.81. The number of amides is 2. The number of nitrogens with zero attached hydrogens (tertiary/aromatic N) is 1. The van der Waals surface area contributed by atoms with Crippen molar-refractivity contribution in [1.82, 2.24) is 10.3 Å². The zero-order valence-corrected chi connectivity index (χ0v) is 16.8. The number of rotatable bonds is 6. The van der Waals surface area contributed by atoms with Gasteiger partial charge in [0.05, 0.1) is 17.7 Å². The van der Waals surface area contributed by atoms with Gasteiger partial charge in [-0.3, -0.25) is 9.59 Å². The molecular weight excluding hydrogens is 398 g/mol. The van der Waals surface area contributed by atoms with Crippen molar-refractivity contribution in [2.75, 3.05) is 24.7 Å². The van der Waals surface area contributed by atoms with Gasteiger partial charge in [-0.05, 0) is 18.1 Å². The molecule has 1 aromatic carbocycles. The van der Waals surface area contributed by atoms with Crippen molar-refractivity contribution in [3.63, 3.8) is 0 Å². The van der Waals surface area contributed by atoms with E-state index in [0.717, 1.165) is 17.4 Å². The maximum Gasteiger partial charge on any atom is 0.253 e. The van der Waals surface area contributed by atoms with Crippen molar-refractivity contribution in [2.45, 2.75) is 19.3 Å². The van der Waals surface area contributed by atoms with Crippen LogP contribution in [0.5, 0.6) is 0 Å². The van der Waals surface area contributed by atoms with E-state index in [1.165, 1.54) is 7.05 Å². The van der Waals surface area contributed by atoms with Crippen LogP contribution in [0.25, 0.3) is 5.57 Å². The second-order valence-corrected chi connectivity index (χ2v) is 7.21. The third kappa shape index (κ3) is 4.68. The van der Waals surface area contributed by atoms with Gasteiger partial charge in [-0.25, -0.2) is 13.8 Å². The average molecular weight is 418 g/mol. The molecule has 0 fully saturated rings. The van der Waals surface area contributed by atoms with Crippen LogP contribution in [0.15, 0.2) is 41.3 Å². The lowest BCUT2D eigenvalue weighted by Gasteiger charge is -2.13. The van der Waals surface area contributed by atoms with Crippen molar-refractivity contribution in [3.8, 4) is 0 Å². The Morgan fingerprint density at radius 1 is 1.21 bits per heavy atom. The Morgan fingerprint density at radius 2 is 2.00 bits per heavy atom. The van der Waals surface area contributed by atoms with Crippen LogP contribution in [0.4, 0.5) is 19.6 Å². The molecule has 152 valence electrons. The zero-order valence-electron chi connectivity index (χ0n) is 15.9. The summed E-state index contributed by atoms with van der Waals surface area (Å²) in [6.07, 6.45) is 1.19. The van der Waals surface area contributed by atoms with E-state index in [-0.39, 0.29) is 31.1 Å². The Kier molecular flexibility index (Phi) is 6.38. The smallest absolute Gasteiger partial charge is 0.253 e. The van der Waals surface area contributed by atoms with E-state index in [1.807, 2.05) is 0 Å². The van der Waals surface area contributed by atoms with E-state index in [2.05, 4.69) is 20.9 Å². The van der Waals surface area contributed by atoms with E-state index in [9.17, 15) is 18.4 Å². The van der Waals surface area contributed by atoms with Crippen molar-refractivity contribution in [3.05, 3.63) is 58.1 Å². The van der Waals surface area contributed by atoms with Gasteiger partial charge < -0.3 is 16.0 Å². The molecule has 1 aromatic heterocycles. The van der Waals surface area contributed by atoms with Crippen LogP contribution in [-0.2, 0) is 11.2 Å². The number of carbonyl (C=O) groups excluding carboxylic acids is 2. The molecule has 6 nitrogen and oxygen atoms in total. The monoisotopic (exact) mass is 418 g/mol. The molecule has 0 atom stereocenters. The molecule has 29 heavy (non-hydrogen) atoms. The molecule has 1 aliphatic carbocycles. The number of thiazole rings is 1. The van der Waals surface area contributed by atoms with E-state index >= 15 is 0 Å². The Hall–Kier alpha value is -3.07. The van der Waals surface area contributed by atoms with E-state index < -0.39 is 11.7 Å². The van der Waals surface area contributed by atoms with Crippen molar-refractivity contribution in [2.24, 2.45) is 0 Å². The Balaban J connectivity index is 1.75. The molecule has 0 spiro atoms. The van der Waals surface area contributed by atoms with Gasteiger partial charge in [-0.1, -0.05) is 12.1 Å². The zero-order chi connectivity index (χ0) is 21.0. The molecule has 0 saturated heterocycles. The van der Waals surface area contributed by atoms with Gasteiger partial charge in [-0.15, -0.1) is 11.3 Å². The minimum Gasteiger partial charge on any atom is -0.387 e. The Labute approximate surface area is 170 Å². The number of allylic oxidation sites excluding steroid dienone is 4. The molecule has 0 radical (unpaired) electrons. The summed E-state index contributed by atoms with van der Waals surface area (Å²) in [5, 5.41) is 10.1. The maximum atomic E-state index is 14.0. The minimum atomic E-state index is -0.643. The van der Waals surface area contributed by atoms with Crippen LogP contribution in [0.3, 0.4) is 0 Å². The molecule has 0 bridgehead atoms. The first-order valence-electron chi connectivity index (χ1n) is 8.95. The quantitative estimate of drug-likeness (QED) is 0.661. The highest BCUT2D eigenvalue weighted by Gasteiger charge is 2.20. The lowest BCUT2D eigenvalue weighted by molar-refractivity contribution is -0.115. The van der Waals surface area contributed by atoms with Gasteiger partial charge in [0, 0.05) is 43.2 Å². The van der Waals surface area contributed by atoms with E-state index in [0.29, 0.717) is 33.2 Å². The highest BCUT2D eigenvalue weighted by Crippen LogP contribution is 2.34. The van der Waals surface area contributed by atoms with Crippen LogP contribution in [0.1, 0.15) is 34.5 Å². The second-order valence-electron chi connectivity index (χ2n) is 6.35. The number of aromatic nitrogens is 1. The number of nitrogens with one attached hydrogen (secondary N) is 3. The summed E-state index contributed by atoms with van der Waals surface area (Å²) in [6.45, 7) is 0. The summed E-state index contributed by atoms with van der Waals surface area (Å²) in [4.78, 5) is 29.0. The molecular formula is C20H20F2N4O2S. The van der Waals surface area contributed by atoms with Crippen LogP contribution >= 0.6 is 11.3 Å². The molecule has 0 saturated carbocycles. The van der Waals surface area contributed by atoms with E-state index in [1.54, 1.807) is 30.6 Å². The third-order valence-electron chi connectivity index (χ3n) is 4.47.